The maximum Gasteiger partial charge on any atom is 0.200 e. The van der Waals surface area contributed by atoms with Crippen LogP contribution >= 0.6 is 23.1 Å². The minimum absolute atomic E-state index is 0.429. The molecule has 0 spiro atoms. The van der Waals surface area contributed by atoms with E-state index >= 15 is 0 Å². The molecule has 3 aromatic heterocycles. The van der Waals surface area contributed by atoms with E-state index in [0.29, 0.717) is 24.5 Å². The molecule has 1 unspecified atom stereocenters. The molecule has 24 heavy (non-hydrogen) atoms. The largest absolute Gasteiger partial charge is 0.391 e. The standard InChI is InChI=1S/C16H19N5OS2/c1-3-12(22)8-21-15(10-24-13-4-6-17-7-5-13)19-16(20-21)14-9-23-11(2)18-14/h4-7,9,12,22H,3,8,10H2,1-2H3. The fourth-order valence-corrected chi connectivity index (χ4v) is 3.53. The lowest BCUT2D eigenvalue weighted by Crippen LogP contribution is -2.17. The molecule has 0 saturated carbocycles. The SMILES string of the molecule is CCC(O)Cn1nc(-c2csc(C)n2)nc1CSc1ccncc1. The quantitative estimate of drug-likeness (QED) is 0.651. The maximum absolute atomic E-state index is 9.99. The van der Waals surface area contributed by atoms with Crippen LogP contribution in [0.2, 0.25) is 0 Å². The zero-order chi connectivity index (χ0) is 16.9. The summed E-state index contributed by atoms with van der Waals surface area (Å²) in [7, 11) is 0. The zero-order valence-corrected chi connectivity index (χ0v) is 15.2. The molecule has 0 aromatic carbocycles. The first-order valence-electron chi connectivity index (χ1n) is 7.72. The average molecular weight is 361 g/mol. The van der Waals surface area contributed by atoms with E-state index in [0.717, 1.165) is 21.4 Å². The lowest BCUT2D eigenvalue weighted by molar-refractivity contribution is 0.144. The van der Waals surface area contributed by atoms with Crippen molar-refractivity contribution in [2.45, 2.75) is 43.6 Å². The second-order valence-electron chi connectivity index (χ2n) is 5.32. The molecule has 0 aliphatic heterocycles. The molecule has 3 rings (SSSR count). The molecule has 6 nitrogen and oxygen atoms in total. The fraction of sp³-hybridized carbons (Fsp3) is 0.375. The van der Waals surface area contributed by atoms with Crippen molar-refractivity contribution in [3.05, 3.63) is 40.7 Å². The Hall–Kier alpha value is -1.77. The van der Waals surface area contributed by atoms with E-state index in [1.165, 1.54) is 0 Å². The molecular formula is C16H19N5OS2. The zero-order valence-electron chi connectivity index (χ0n) is 13.6. The Morgan fingerprint density at radius 1 is 1.29 bits per heavy atom. The van der Waals surface area contributed by atoms with Gasteiger partial charge in [-0.15, -0.1) is 28.2 Å². The van der Waals surface area contributed by atoms with Crippen molar-refractivity contribution in [2.24, 2.45) is 0 Å². The molecule has 0 aliphatic carbocycles. The van der Waals surface area contributed by atoms with Gasteiger partial charge in [-0.25, -0.2) is 14.6 Å². The predicted molar refractivity (Wildman–Crippen MR) is 96.0 cm³/mol. The lowest BCUT2D eigenvalue weighted by atomic mass is 10.3. The Labute approximate surface area is 149 Å². The molecule has 0 amide bonds. The van der Waals surface area contributed by atoms with Crippen molar-refractivity contribution in [3.8, 4) is 11.5 Å². The number of rotatable bonds is 7. The van der Waals surface area contributed by atoms with E-state index < -0.39 is 6.10 Å². The van der Waals surface area contributed by atoms with Gasteiger partial charge in [0.25, 0.3) is 0 Å². The summed E-state index contributed by atoms with van der Waals surface area (Å²) in [6.45, 7) is 4.36. The van der Waals surface area contributed by atoms with Gasteiger partial charge in [0, 0.05) is 22.7 Å². The summed E-state index contributed by atoms with van der Waals surface area (Å²) in [5.74, 6) is 2.13. The van der Waals surface area contributed by atoms with Crippen LogP contribution in [0.25, 0.3) is 11.5 Å². The first kappa shape index (κ1) is 17.1. The van der Waals surface area contributed by atoms with Crippen LogP contribution in [0.1, 0.15) is 24.2 Å². The maximum atomic E-state index is 9.99. The van der Waals surface area contributed by atoms with Crippen LogP contribution in [0, 0.1) is 6.92 Å². The van der Waals surface area contributed by atoms with Gasteiger partial charge in [-0.3, -0.25) is 4.98 Å². The van der Waals surface area contributed by atoms with E-state index in [-0.39, 0.29) is 0 Å². The van der Waals surface area contributed by atoms with E-state index in [1.54, 1.807) is 40.2 Å². The van der Waals surface area contributed by atoms with Gasteiger partial charge in [0.05, 0.1) is 23.4 Å². The monoisotopic (exact) mass is 361 g/mol. The summed E-state index contributed by atoms with van der Waals surface area (Å²) >= 11 is 3.25. The van der Waals surface area contributed by atoms with Gasteiger partial charge in [0.2, 0.25) is 5.82 Å². The summed E-state index contributed by atoms with van der Waals surface area (Å²) in [5, 5.41) is 17.5. The molecule has 0 radical (unpaired) electrons. The Morgan fingerprint density at radius 3 is 2.75 bits per heavy atom. The molecular weight excluding hydrogens is 342 g/mol. The highest BCUT2D eigenvalue weighted by Crippen LogP contribution is 2.24. The molecule has 1 N–H and O–H groups in total. The van der Waals surface area contributed by atoms with Crippen LogP contribution in [-0.4, -0.2) is 35.9 Å². The second kappa shape index (κ2) is 7.87. The van der Waals surface area contributed by atoms with E-state index in [4.69, 9.17) is 0 Å². The third-order valence-electron chi connectivity index (χ3n) is 3.47. The van der Waals surface area contributed by atoms with Crippen LogP contribution in [0.4, 0.5) is 0 Å². The number of nitrogens with zero attached hydrogens (tertiary/aromatic N) is 5. The number of hydrogen-bond acceptors (Lipinski definition) is 7. The number of aryl methyl sites for hydroxylation is 1. The predicted octanol–water partition coefficient (Wildman–Crippen LogP) is 3.17. The van der Waals surface area contributed by atoms with Gasteiger partial charge < -0.3 is 5.11 Å². The van der Waals surface area contributed by atoms with Crippen molar-refractivity contribution in [1.82, 2.24) is 24.7 Å². The summed E-state index contributed by atoms with van der Waals surface area (Å²) in [5.41, 5.74) is 0.789. The van der Waals surface area contributed by atoms with Crippen molar-refractivity contribution < 1.29 is 5.11 Å². The van der Waals surface area contributed by atoms with Crippen LogP contribution in [-0.2, 0) is 12.3 Å². The number of thioether (sulfide) groups is 1. The molecule has 8 heteroatoms. The third-order valence-corrected chi connectivity index (χ3v) is 5.25. The highest BCUT2D eigenvalue weighted by atomic mass is 32.2. The molecule has 0 aliphatic rings. The highest BCUT2D eigenvalue weighted by Gasteiger charge is 2.16. The van der Waals surface area contributed by atoms with Crippen molar-refractivity contribution in [3.63, 3.8) is 0 Å². The van der Waals surface area contributed by atoms with Crippen LogP contribution < -0.4 is 0 Å². The normalized spacial score (nSPS) is 12.5. The number of hydrogen-bond donors (Lipinski definition) is 1. The molecule has 3 heterocycles. The number of pyridine rings is 1. The minimum Gasteiger partial charge on any atom is -0.391 e. The topological polar surface area (TPSA) is 76.7 Å². The molecule has 3 aromatic rings. The number of aliphatic hydroxyl groups is 1. The van der Waals surface area contributed by atoms with Gasteiger partial charge in [-0.2, -0.15) is 0 Å². The van der Waals surface area contributed by atoms with E-state index in [2.05, 4.69) is 20.1 Å². The molecule has 1 atom stereocenters. The van der Waals surface area contributed by atoms with Crippen LogP contribution in [0.3, 0.4) is 0 Å². The highest BCUT2D eigenvalue weighted by molar-refractivity contribution is 7.98. The Balaban J connectivity index is 1.83. The number of aromatic nitrogens is 5. The Kier molecular flexibility index (Phi) is 5.60. The van der Waals surface area contributed by atoms with E-state index in [9.17, 15) is 5.11 Å². The number of aliphatic hydroxyl groups excluding tert-OH is 1. The minimum atomic E-state index is -0.429. The number of thiazole rings is 1. The third kappa shape index (κ3) is 4.19. The summed E-state index contributed by atoms with van der Waals surface area (Å²) in [6, 6.07) is 3.94. The molecule has 0 saturated heterocycles. The van der Waals surface area contributed by atoms with Gasteiger partial charge in [-0.05, 0) is 25.5 Å². The first-order valence-corrected chi connectivity index (χ1v) is 9.59. The molecule has 0 bridgehead atoms. The average Bonchev–Trinajstić information content (AvgIpc) is 3.20. The Morgan fingerprint density at radius 2 is 2.08 bits per heavy atom. The van der Waals surface area contributed by atoms with E-state index in [1.807, 2.05) is 31.4 Å². The summed E-state index contributed by atoms with van der Waals surface area (Å²) < 4.78 is 1.80. The van der Waals surface area contributed by atoms with Crippen molar-refractivity contribution in [1.29, 1.82) is 0 Å². The van der Waals surface area contributed by atoms with Crippen molar-refractivity contribution in [2.75, 3.05) is 0 Å². The molecule has 0 fully saturated rings. The van der Waals surface area contributed by atoms with Crippen molar-refractivity contribution >= 4 is 23.1 Å². The fourth-order valence-electron chi connectivity index (χ4n) is 2.11. The van der Waals surface area contributed by atoms with Crippen LogP contribution in [0.15, 0.2) is 34.8 Å². The van der Waals surface area contributed by atoms with Crippen LogP contribution in [0.5, 0.6) is 0 Å². The molecule has 126 valence electrons. The van der Waals surface area contributed by atoms with Gasteiger partial charge in [0.1, 0.15) is 11.5 Å². The first-order chi connectivity index (χ1) is 11.7. The lowest BCUT2D eigenvalue weighted by Gasteiger charge is -2.09. The van der Waals surface area contributed by atoms with Gasteiger partial charge in [0.15, 0.2) is 0 Å². The second-order valence-corrected chi connectivity index (χ2v) is 7.43. The summed E-state index contributed by atoms with van der Waals surface area (Å²) in [6.07, 6.45) is 3.80. The Bertz CT molecular complexity index is 787. The smallest absolute Gasteiger partial charge is 0.200 e. The summed E-state index contributed by atoms with van der Waals surface area (Å²) in [4.78, 5) is 14.3. The van der Waals surface area contributed by atoms with Gasteiger partial charge in [-0.1, -0.05) is 6.92 Å². The van der Waals surface area contributed by atoms with Gasteiger partial charge >= 0.3 is 0 Å².